The van der Waals surface area contributed by atoms with Crippen molar-refractivity contribution in [3.05, 3.63) is 18.2 Å². The molecular formula is C14H24N4O2S. The lowest BCUT2D eigenvalue weighted by Crippen LogP contribution is -2.41. The largest absolute Gasteiger partial charge is 0.399 e. The predicted octanol–water partition coefficient (Wildman–Crippen LogP) is 1.20. The molecule has 0 aliphatic carbocycles. The van der Waals surface area contributed by atoms with Crippen LogP contribution in [-0.2, 0) is 10.0 Å². The molecular weight excluding hydrogens is 288 g/mol. The first kappa shape index (κ1) is 16.1. The standard InChI is InChI=1S/C14H24N4O2S/c1-11(18-7-3-2-4-8-18)10-17-13-6-5-12(15)9-14(13)21(16,19)20/h5-6,9,11,17H,2-4,7-8,10,15H2,1H3,(H2,16,19,20). The minimum Gasteiger partial charge on any atom is -0.399 e. The third-order valence-electron chi connectivity index (χ3n) is 3.91. The van der Waals surface area contributed by atoms with E-state index in [-0.39, 0.29) is 4.90 Å². The molecule has 1 atom stereocenters. The van der Waals surface area contributed by atoms with Gasteiger partial charge >= 0.3 is 0 Å². The molecule has 0 bridgehead atoms. The fourth-order valence-electron chi connectivity index (χ4n) is 2.67. The van der Waals surface area contributed by atoms with E-state index in [0.29, 0.717) is 24.0 Å². The number of nitrogens with two attached hydrogens (primary N) is 2. The number of rotatable bonds is 5. The van der Waals surface area contributed by atoms with Crippen LogP contribution >= 0.6 is 0 Å². The van der Waals surface area contributed by atoms with Crippen LogP contribution in [-0.4, -0.2) is 39.0 Å². The smallest absolute Gasteiger partial charge is 0.240 e. The summed E-state index contributed by atoms with van der Waals surface area (Å²) in [6.45, 7) is 5.03. The van der Waals surface area contributed by atoms with E-state index in [1.54, 1.807) is 12.1 Å². The normalized spacial score (nSPS) is 18.4. The van der Waals surface area contributed by atoms with Gasteiger partial charge in [0.05, 0.1) is 5.69 Å². The van der Waals surface area contributed by atoms with Crippen molar-refractivity contribution in [2.75, 3.05) is 30.7 Å². The van der Waals surface area contributed by atoms with Crippen molar-refractivity contribution in [3.63, 3.8) is 0 Å². The van der Waals surface area contributed by atoms with Crippen LogP contribution in [0.5, 0.6) is 0 Å². The second kappa shape index (κ2) is 6.64. The van der Waals surface area contributed by atoms with Crippen LogP contribution in [0.4, 0.5) is 11.4 Å². The number of nitrogens with zero attached hydrogens (tertiary/aromatic N) is 1. The highest BCUT2D eigenvalue weighted by molar-refractivity contribution is 7.89. The summed E-state index contributed by atoms with van der Waals surface area (Å²) >= 11 is 0. The Balaban J connectivity index is 2.06. The summed E-state index contributed by atoms with van der Waals surface area (Å²) in [4.78, 5) is 2.47. The zero-order valence-corrected chi connectivity index (χ0v) is 13.2. The third-order valence-corrected chi connectivity index (χ3v) is 4.86. The molecule has 1 aromatic rings. The van der Waals surface area contributed by atoms with Crippen LogP contribution < -0.4 is 16.2 Å². The summed E-state index contributed by atoms with van der Waals surface area (Å²) in [7, 11) is -3.78. The molecule has 0 saturated carbocycles. The Hall–Kier alpha value is -1.31. The fraction of sp³-hybridized carbons (Fsp3) is 0.571. The number of primary sulfonamides is 1. The van der Waals surface area contributed by atoms with Crippen LogP contribution in [0.3, 0.4) is 0 Å². The number of nitrogen functional groups attached to an aromatic ring is 1. The number of likely N-dealkylation sites (tertiary alicyclic amines) is 1. The van der Waals surface area contributed by atoms with Gasteiger partial charge in [-0.2, -0.15) is 0 Å². The number of hydrogen-bond acceptors (Lipinski definition) is 5. The second-order valence-electron chi connectivity index (χ2n) is 5.63. The Labute approximate surface area is 126 Å². The van der Waals surface area contributed by atoms with E-state index in [1.807, 2.05) is 0 Å². The van der Waals surface area contributed by atoms with Crippen molar-refractivity contribution in [1.29, 1.82) is 0 Å². The first-order valence-corrected chi connectivity index (χ1v) is 8.83. The molecule has 1 aliphatic heterocycles. The minimum absolute atomic E-state index is 0.0494. The molecule has 1 unspecified atom stereocenters. The Kier molecular flexibility index (Phi) is 5.08. The van der Waals surface area contributed by atoms with Crippen molar-refractivity contribution in [1.82, 2.24) is 4.90 Å². The Morgan fingerprint density at radius 1 is 1.29 bits per heavy atom. The number of nitrogens with one attached hydrogen (secondary N) is 1. The maximum atomic E-state index is 11.6. The van der Waals surface area contributed by atoms with Crippen LogP contribution in [0, 0.1) is 0 Å². The maximum absolute atomic E-state index is 11.6. The lowest BCUT2D eigenvalue weighted by Gasteiger charge is -2.32. The topological polar surface area (TPSA) is 101 Å². The monoisotopic (exact) mass is 312 g/mol. The Bertz CT molecular complexity index is 583. The van der Waals surface area contributed by atoms with Crippen LogP contribution in [0.15, 0.2) is 23.1 Å². The number of benzene rings is 1. The number of sulfonamides is 1. The zero-order chi connectivity index (χ0) is 15.5. The molecule has 118 valence electrons. The Morgan fingerprint density at radius 2 is 1.95 bits per heavy atom. The quantitative estimate of drug-likeness (QED) is 0.709. The van der Waals surface area contributed by atoms with E-state index in [0.717, 1.165) is 13.1 Å². The van der Waals surface area contributed by atoms with Crippen molar-refractivity contribution in [3.8, 4) is 0 Å². The van der Waals surface area contributed by atoms with Crippen molar-refractivity contribution < 1.29 is 8.42 Å². The average molecular weight is 312 g/mol. The highest BCUT2D eigenvalue weighted by atomic mass is 32.2. The van der Waals surface area contributed by atoms with Crippen molar-refractivity contribution in [2.45, 2.75) is 37.1 Å². The minimum atomic E-state index is -3.78. The Morgan fingerprint density at radius 3 is 2.57 bits per heavy atom. The number of hydrogen-bond donors (Lipinski definition) is 3. The van der Waals surface area contributed by atoms with Gasteiger partial charge in [0, 0.05) is 18.3 Å². The van der Waals surface area contributed by atoms with Gasteiger partial charge in [-0.25, -0.2) is 13.6 Å². The summed E-state index contributed by atoms with van der Waals surface area (Å²) < 4.78 is 23.2. The fourth-order valence-corrected chi connectivity index (χ4v) is 3.41. The van der Waals surface area contributed by atoms with Gasteiger partial charge in [-0.1, -0.05) is 6.42 Å². The van der Waals surface area contributed by atoms with E-state index in [2.05, 4.69) is 17.1 Å². The zero-order valence-electron chi connectivity index (χ0n) is 12.4. The van der Waals surface area contributed by atoms with Gasteiger partial charge in [-0.3, -0.25) is 4.90 Å². The van der Waals surface area contributed by atoms with Crippen LogP contribution in [0.2, 0.25) is 0 Å². The average Bonchev–Trinajstić information content (AvgIpc) is 2.45. The van der Waals surface area contributed by atoms with Gasteiger partial charge in [0.15, 0.2) is 0 Å². The van der Waals surface area contributed by atoms with Crippen molar-refractivity contribution >= 4 is 21.4 Å². The molecule has 1 fully saturated rings. The lowest BCUT2D eigenvalue weighted by molar-refractivity contribution is 0.180. The van der Waals surface area contributed by atoms with Crippen LogP contribution in [0.25, 0.3) is 0 Å². The number of anilines is 2. The van der Waals surface area contributed by atoms with E-state index >= 15 is 0 Å². The summed E-state index contributed by atoms with van der Waals surface area (Å²) in [6, 6.07) is 5.07. The van der Waals surface area contributed by atoms with Gasteiger partial charge < -0.3 is 11.1 Å². The molecule has 21 heavy (non-hydrogen) atoms. The van der Waals surface area contributed by atoms with E-state index < -0.39 is 10.0 Å². The summed E-state index contributed by atoms with van der Waals surface area (Å²) in [5.41, 5.74) is 6.53. The first-order chi connectivity index (χ1) is 9.88. The molecule has 2 rings (SSSR count). The predicted molar refractivity (Wildman–Crippen MR) is 85.6 cm³/mol. The highest BCUT2D eigenvalue weighted by Gasteiger charge is 2.18. The summed E-state index contributed by atoms with van der Waals surface area (Å²) in [6.07, 6.45) is 3.76. The van der Waals surface area contributed by atoms with Crippen molar-refractivity contribution in [2.24, 2.45) is 5.14 Å². The first-order valence-electron chi connectivity index (χ1n) is 7.28. The molecule has 1 heterocycles. The molecule has 1 aromatic carbocycles. The molecule has 7 heteroatoms. The molecule has 1 aliphatic rings. The molecule has 0 amide bonds. The van der Waals surface area contributed by atoms with E-state index in [1.165, 1.54) is 25.3 Å². The van der Waals surface area contributed by atoms with E-state index in [4.69, 9.17) is 10.9 Å². The summed E-state index contributed by atoms with van der Waals surface area (Å²) in [5, 5.41) is 8.43. The molecule has 0 aromatic heterocycles. The molecule has 6 nitrogen and oxygen atoms in total. The van der Waals surface area contributed by atoms with Gasteiger partial charge in [0.25, 0.3) is 0 Å². The van der Waals surface area contributed by atoms with Gasteiger partial charge in [-0.05, 0) is 51.1 Å². The van der Waals surface area contributed by atoms with Crippen LogP contribution in [0.1, 0.15) is 26.2 Å². The molecule has 5 N–H and O–H groups in total. The third kappa shape index (κ3) is 4.33. The number of piperidine rings is 1. The molecule has 0 radical (unpaired) electrons. The lowest BCUT2D eigenvalue weighted by atomic mass is 10.1. The second-order valence-corrected chi connectivity index (χ2v) is 7.16. The molecule has 0 spiro atoms. The molecule has 1 saturated heterocycles. The summed E-state index contributed by atoms with van der Waals surface area (Å²) in [5.74, 6) is 0. The van der Waals surface area contributed by atoms with Gasteiger partial charge in [0.2, 0.25) is 10.0 Å². The highest BCUT2D eigenvalue weighted by Crippen LogP contribution is 2.23. The SMILES string of the molecule is CC(CNc1ccc(N)cc1S(N)(=O)=O)N1CCCCC1. The van der Waals surface area contributed by atoms with Gasteiger partial charge in [-0.15, -0.1) is 0 Å². The van der Waals surface area contributed by atoms with E-state index in [9.17, 15) is 8.42 Å². The van der Waals surface area contributed by atoms with Gasteiger partial charge in [0.1, 0.15) is 4.90 Å². The maximum Gasteiger partial charge on any atom is 0.240 e.